The van der Waals surface area contributed by atoms with Gasteiger partial charge in [0, 0.05) is 17.7 Å². The summed E-state index contributed by atoms with van der Waals surface area (Å²) in [6, 6.07) is 9.16. The lowest BCUT2D eigenvalue weighted by molar-refractivity contribution is 0.292. The number of fused-ring (bicyclic) bond motifs is 1. The summed E-state index contributed by atoms with van der Waals surface area (Å²) in [6.45, 7) is 2.30. The fraction of sp³-hybridized carbons (Fsp3) is 0.579. The molecule has 128 valence electrons. The van der Waals surface area contributed by atoms with E-state index in [9.17, 15) is 0 Å². The monoisotopic (exact) mass is 343 g/mol. The number of hydrazone groups is 1. The van der Waals surface area contributed by atoms with Gasteiger partial charge in [-0.1, -0.05) is 25.5 Å². The minimum atomic E-state index is 0.215. The molecule has 1 aromatic carbocycles. The van der Waals surface area contributed by atoms with Gasteiger partial charge in [-0.2, -0.15) is 5.10 Å². The first-order valence-electron chi connectivity index (χ1n) is 8.99. The van der Waals surface area contributed by atoms with Crippen molar-refractivity contribution in [2.24, 2.45) is 16.9 Å². The van der Waals surface area contributed by atoms with Crippen LogP contribution in [-0.4, -0.2) is 29.0 Å². The Balaban J connectivity index is 1.65. The second-order valence-electron chi connectivity index (χ2n) is 7.25. The molecule has 4 nitrogen and oxygen atoms in total. The predicted molar refractivity (Wildman–Crippen MR) is 100 cm³/mol. The smallest absolute Gasteiger partial charge is 0.190 e. The van der Waals surface area contributed by atoms with Crippen LogP contribution in [0.15, 0.2) is 29.4 Å². The summed E-state index contributed by atoms with van der Waals surface area (Å²) >= 11 is 5.70. The van der Waals surface area contributed by atoms with Crippen molar-refractivity contribution in [2.75, 3.05) is 7.11 Å². The van der Waals surface area contributed by atoms with Crippen LogP contribution in [0, 0.1) is 11.8 Å². The van der Waals surface area contributed by atoms with Crippen molar-refractivity contribution < 1.29 is 4.74 Å². The fourth-order valence-electron chi connectivity index (χ4n) is 3.97. The highest BCUT2D eigenvalue weighted by atomic mass is 32.1. The third-order valence-corrected chi connectivity index (χ3v) is 5.78. The molecule has 1 aromatic rings. The third kappa shape index (κ3) is 2.90. The first-order chi connectivity index (χ1) is 11.7. The highest BCUT2D eigenvalue weighted by molar-refractivity contribution is 7.80. The SMILES string of the molecule is COc1ccc([C@@H]2[C@@H]3CCCC(C)C3=NN2C(=S)NC2CC2)cc1. The maximum Gasteiger partial charge on any atom is 0.190 e. The van der Waals surface area contributed by atoms with E-state index in [-0.39, 0.29) is 6.04 Å². The Bertz CT molecular complexity index is 653. The zero-order valence-electron chi connectivity index (χ0n) is 14.4. The number of nitrogens with one attached hydrogen (secondary N) is 1. The van der Waals surface area contributed by atoms with Crippen LogP contribution in [0.2, 0.25) is 0 Å². The summed E-state index contributed by atoms with van der Waals surface area (Å²) in [5.41, 5.74) is 2.61. The van der Waals surface area contributed by atoms with E-state index in [4.69, 9.17) is 22.1 Å². The predicted octanol–water partition coefficient (Wildman–Crippen LogP) is 3.88. The Morgan fingerprint density at radius 1 is 1.21 bits per heavy atom. The lowest BCUT2D eigenvalue weighted by atomic mass is 9.76. The average molecular weight is 343 g/mol. The number of hydrogen-bond donors (Lipinski definition) is 1. The van der Waals surface area contributed by atoms with E-state index in [0.717, 1.165) is 10.9 Å². The van der Waals surface area contributed by atoms with Crippen LogP contribution < -0.4 is 10.1 Å². The number of nitrogens with zero attached hydrogens (tertiary/aromatic N) is 2. The quantitative estimate of drug-likeness (QED) is 0.845. The molecular formula is C19H25N3OS. The number of benzene rings is 1. The number of ether oxygens (including phenoxy) is 1. The van der Waals surface area contributed by atoms with Crippen molar-refractivity contribution in [3.63, 3.8) is 0 Å². The molecule has 2 fully saturated rings. The molecule has 0 amide bonds. The lowest BCUT2D eigenvalue weighted by Gasteiger charge is -2.31. The molecule has 0 saturated heterocycles. The van der Waals surface area contributed by atoms with Gasteiger partial charge in [-0.15, -0.1) is 0 Å². The molecule has 0 aromatic heterocycles. The summed E-state index contributed by atoms with van der Waals surface area (Å²) in [7, 11) is 1.70. The summed E-state index contributed by atoms with van der Waals surface area (Å²) < 4.78 is 5.31. The lowest BCUT2D eigenvalue weighted by Crippen LogP contribution is -2.39. The molecule has 0 spiro atoms. The molecule has 2 saturated carbocycles. The summed E-state index contributed by atoms with van der Waals surface area (Å²) in [6.07, 6.45) is 6.15. The highest BCUT2D eigenvalue weighted by Gasteiger charge is 2.43. The molecule has 1 N–H and O–H groups in total. The van der Waals surface area contributed by atoms with Crippen molar-refractivity contribution in [3.8, 4) is 5.75 Å². The molecule has 1 heterocycles. The standard InChI is InChI=1S/C19H25N3OS/c1-12-4-3-5-16-17(12)21-22(19(24)20-14-8-9-14)18(16)13-6-10-15(23-2)11-7-13/h6-7,10-12,14,16,18H,3-5,8-9H2,1-2H3,(H,20,24)/t12?,16-,18-/m1/s1. The topological polar surface area (TPSA) is 36.9 Å². The molecule has 5 heteroatoms. The summed E-state index contributed by atoms with van der Waals surface area (Å²) in [4.78, 5) is 0. The van der Waals surface area contributed by atoms with Crippen molar-refractivity contribution in [1.82, 2.24) is 10.3 Å². The minimum absolute atomic E-state index is 0.215. The molecule has 3 atom stereocenters. The molecule has 1 aliphatic heterocycles. The Labute approximate surface area is 149 Å². The molecule has 0 radical (unpaired) electrons. The van der Waals surface area contributed by atoms with Gasteiger partial charge in [-0.3, -0.25) is 0 Å². The van der Waals surface area contributed by atoms with Crippen LogP contribution in [-0.2, 0) is 0 Å². The third-order valence-electron chi connectivity index (χ3n) is 5.48. The zero-order chi connectivity index (χ0) is 16.7. The minimum Gasteiger partial charge on any atom is -0.497 e. The van der Waals surface area contributed by atoms with Gasteiger partial charge in [0.2, 0.25) is 0 Å². The van der Waals surface area contributed by atoms with Crippen LogP contribution in [0.4, 0.5) is 0 Å². The molecule has 0 bridgehead atoms. The van der Waals surface area contributed by atoms with E-state index in [0.29, 0.717) is 17.9 Å². The van der Waals surface area contributed by atoms with Gasteiger partial charge < -0.3 is 10.1 Å². The van der Waals surface area contributed by atoms with Crippen molar-refractivity contribution >= 4 is 23.0 Å². The second-order valence-corrected chi connectivity index (χ2v) is 7.64. The molecule has 24 heavy (non-hydrogen) atoms. The molecule has 3 aliphatic rings. The van der Waals surface area contributed by atoms with Gasteiger partial charge >= 0.3 is 0 Å². The Kier molecular flexibility index (Phi) is 4.21. The number of thiocarbonyl (C=S) groups is 1. The Morgan fingerprint density at radius 2 is 1.96 bits per heavy atom. The summed E-state index contributed by atoms with van der Waals surface area (Å²) in [5.74, 6) is 1.92. The van der Waals surface area contributed by atoms with Crippen LogP contribution >= 0.6 is 12.2 Å². The zero-order valence-corrected chi connectivity index (χ0v) is 15.2. The van der Waals surface area contributed by atoms with E-state index in [2.05, 4.69) is 29.4 Å². The number of hydrogen-bond acceptors (Lipinski definition) is 3. The van der Waals surface area contributed by atoms with Gasteiger partial charge in [-0.05, 0) is 61.5 Å². The Morgan fingerprint density at radius 3 is 2.62 bits per heavy atom. The second kappa shape index (κ2) is 6.36. The van der Waals surface area contributed by atoms with E-state index in [1.165, 1.54) is 43.4 Å². The number of rotatable bonds is 3. The van der Waals surface area contributed by atoms with Crippen LogP contribution in [0.5, 0.6) is 5.75 Å². The van der Waals surface area contributed by atoms with E-state index >= 15 is 0 Å². The van der Waals surface area contributed by atoms with Crippen LogP contribution in [0.25, 0.3) is 0 Å². The maximum absolute atomic E-state index is 5.70. The highest BCUT2D eigenvalue weighted by Crippen LogP contribution is 2.44. The first kappa shape index (κ1) is 15.9. The van der Waals surface area contributed by atoms with Gasteiger partial charge in [0.05, 0.1) is 13.2 Å². The molecule has 4 rings (SSSR count). The fourth-order valence-corrected chi connectivity index (χ4v) is 4.29. The van der Waals surface area contributed by atoms with E-state index in [1.54, 1.807) is 7.11 Å². The van der Waals surface area contributed by atoms with Crippen molar-refractivity contribution in [3.05, 3.63) is 29.8 Å². The van der Waals surface area contributed by atoms with Gasteiger partial charge in [0.25, 0.3) is 0 Å². The average Bonchev–Trinajstić information content (AvgIpc) is 3.32. The van der Waals surface area contributed by atoms with Gasteiger partial charge in [-0.25, -0.2) is 5.01 Å². The number of methoxy groups -OCH3 is 1. The van der Waals surface area contributed by atoms with Gasteiger partial charge in [0.1, 0.15) is 5.75 Å². The normalized spacial score (nSPS) is 29.0. The first-order valence-corrected chi connectivity index (χ1v) is 9.40. The maximum atomic E-state index is 5.70. The Hall–Kier alpha value is -1.62. The summed E-state index contributed by atoms with van der Waals surface area (Å²) in [5, 5.41) is 11.3. The van der Waals surface area contributed by atoms with Crippen molar-refractivity contribution in [2.45, 2.75) is 51.1 Å². The van der Waals surface area contributed by atoms with Crippen LogP contribution in [0.3, 0.4) is 0 Å². The molecular weight excluding hydrogens is 318 g/mol. The van der Waals surface area contributed by atoms with E-state index < -0.39 is 0 Å². The molecule has 2 aliphatic carbocycles. The van der Waals surface area contributed by atoms with Crippen molar-refractivity contribution in [1.29, 1.82) is 0 Å². The largest absolute Gasteiger partial charge is 0.497 e. The van der Waals surface area contributed by atoms with Crippen LogP contribution in [0.1, 0.15) is 50.6 Å². The van der Waals surface area contributed by atoms with E-state index in [1.807, 2.05) is 12.1 Å². The molecule has 1 unspecified atom stereocenters. The van der Waals surface area contributed by atoms with Gasteiger partial charge in [0.15, 0.2) is 5.11 Å².